The smallest absolute Gasteiger partial charge is 0.269 e. The number of thiazole rings is 2. The molecule has 3 aromatic carbocycles. The summed E-state index contributed by atoms with van der Waals surface area (Å²) in [4.78, 5) is 54.8. The van der Waals surface area contributed by atoms with Gasteiger partial charge >= 0.3 is 0 Å². The highest BCUT2D eigenvalue weighted by Crippen LogP contribution is 2.25. The lowest BCUT2D eigenvalue weighted by molar-refractivity contribution is -0.385. The van der Waals surface area contributed by atoms with Gasteiger partial charge in [-0.25, -0.2) is 9.97 Å². The zero-order chi connectivity index (χ0) is 37.6. The van der Waals surface area contributed by atoms with Crippen LogP contribution >= 0.6 is 22.7 Å². The van der Waals surface area contributed by atoms with E-state index in [9.17, 15) is 29.8 Å². The van der Waals surface area contributed by atoms with Crippen molar-refractivity contribution in [2.24, 2.45) is 5.73 Å². The maximum absolute atomic E-state index is 13.2. The molecule has 0 saturated heterocycles. The van der Waals surface area contributed by atoms with Crippen LogP contribution in [0.1, 0.15) is 70.9 Å². The molecule has 0 saturated carbocycles. The fourth-order valence-corrected chi connectivity index (χ4v) is 7.02. The number of carbonyl (C=O) groups is 2. The topological polar surface area (TPSA) is 196 Å². The van der Waals surface area contributed by atoms with Crippen LogP contribution in [0.15, 0.2) is 89.6 Å². The third-order valence-corrected chi connectivity index (χ3v) is 9.99. The van der Waals surface area contributed by atoms with Crippen molar-refractivity contribution in [3.05, 3.63) is 148 Å². The minimum absolute atomic E-state index is 0.00966. The van der Waals surface area contributed by atoms with Crippen molar-refractivity contribution >= 4 is 45.9 Å². The molecule has 0 aliphatic rings. The number of rotatable bonds is 15. The predicted molar refractivity (Wildman–Crippen MR) is 202 cm³/mol. The van der Waals surface area contributed by atoms with Crippen LogP contribution in [0.4, 0.5) is 11.4 Å². The van der Waals surface area contributed by atoms with Crippen LogP contribution in [0.5, 0.6) is 0 Å². The number of nitro benzene ring substituents is 2. The third-order valence-electron chi connectivity index (χ3n) is 7.96. The minimum Gasteiger partial charge on any atom is -0.345 e. The first kappa shape index (κ1) is 39.4. The second-order valence-corrected chi connectivity index (χ2v) is 13.7. The van der Waals surface area contributed by atoms with E-state index in [1.807, 2.05) is 48.0 Å². The highest BCUT2D eigenvalue weighted by Gasteiger charge is 2.26. The summed E-state index contributed by atoms with van der Waals surface area (Å²) in [7, 11) is 0. The normalized spacial score (nSPS) is 12.5. The number of benzene rings is 3. The largest absolute Gasteiger partial charge is 0.345 e. The molecule has 0 fully saturated rings. The van der Waals surface area contributed by atoms with Crippen molar-refractivity contribution in [1.82, 2.24) is 20.6 Å². The number of non-ortho nitro benzene ring substituents is 2. The van der Waals surface area contributed by atoms with Gasteiger partial charge in [0.1, 0.15) is 16.1 Å². The van der Waals surface area contributed by atoms with Gasteiger partial charge in [-0.15, -0.1) is 22.7 Å². The molecule has 0 unspecified atom stereocenters. The molecule has 2 heterocycles. The Kier molecular flexibility index (Phi) is 14.6. The maximum atomic E-state index is 13.2. The van der Waals surface area contributed by atoms with Crippen LogP contribution in [0.2, 0.25) is 0 Å². The van der Waals surface area contributed by atoms with E-state index in [2.05, 4.69) is 27.5 Å². The van der Waals surface area contributed by atoms with Crippen LogP contribution in [-0.4, -0.2) is 37.7 Å². The lowest BCUT2D eigenvalue weighted by Crippen LogP contribution is -2.48. The summed E-state index contributed by atoms with van der Waals surface area (Å²) in [6, 6.07) is 20.9. The van der Waals surface area contributed by atoms with E-state index in [1.165, 1.54) is 42.5 Å². The fraction of sp³-hybridized carbons (Fsp3) is 0.297. The lowest BCUT2D eigenvalue weighted by atomic mass is 10.0. The van der Waals surface area contributed by atoms with Crippen LogP contribution in [0, 0.1) is 20.2 Å². The zero-order valence-electron chi connectivity index (χ0n) is 29.1. The summed E-state index contributed by atoms with van der Waals surface area (Å²) in [5.41, 5.74) is 10.9. The third kappa shape index (κ3) is 11.9. The number of nitrogens with zero attached hydrogens (tertiary/aromatic N) is 4. The average Bonchev–Trinajstić information content (AvgIpc) is 3.83. The number of nitrogens with two attached hydrogens (primary N) is 1. The molecule has 0 spiro atoms. The van der Waals surface area contributed by atoms with Gasteiger partial charge in [0.05, 0.1) is 33.3 Å². The van der Waals surface area contributed by atoms with Crippen molar-refractivity contribution in [1.29, 1.82) is 0 Å². The van der Waals surface area contributed by atoms with E-state index in [4.69, 9.17) is 5.73 Å². The first-order valence-corrected chi connectivity index (χ1v) is 18.4. The molecule has 0 aliphatic carbocycles. The number of hydrogen-bond acceptors (Lipinski definition) is 11. The molecular weight excluding hydrogens is 703 g/mol. The summed E-state index contributed by atoms with van der Waals surface area (Å²) in [6.07, 6.45) is 3.08. The molecule has 2 aromatic heterocycles. The second kappa shape index (κ2) is 19.3. The van der Waals surface area contributed by atoms with Crippen LogP contribution in [0.25, 0.3) is 0 Å². The molecule has 0 radical (unpaired) electrons. The molecular formula is C37H41N7O6S2. The van der Waals surface area contributed by atoms with Crippen molar-refractivity contribution in [2.75, 3.05) is 0 Å². The van der Waals surface area contributed by atoms with Crippen LogP contribution in [-0.2, 0) is 41.7 Å². The Morgan fingerprint density at radius 1 is 0.712 bits per heavy atom. The van der Waals surface area contributed by atoms with Gasteiger partial charge in [-0.3, -0.25) is 29.8 Å². The number of nitrogens with one attached hydrogen (secondary N) is 2. The summed E-state index contributed by atoms with van der Waals surface area (Å²) in [6.45, 7) is 5.45. The van der Waals surface area contributed by atoms with E-state index in [0.29, 0.717) is 19.3 Å². The lowest BCUT2D eigenvalue weighted by Gasteiger charge is -2.22. The Hall–Kier alpha value is -5.38. The second-order valence-electron chi connectivity index (χ2n) is 11.9. The maximum Gasteiger partial charge on any atom is 0.269 e. The van der Waals surface area contributed by atoms with E-state index in [1.54, 1.807) is 35.6 Å². The van der Waals surface area contributed by atoms with Crippen molar-refractivity contribution < 1.29 is 19.4 Å². The van der Waals surface area contributed by atoms with Gasteiger partial charge in [-0.05, 0) is 42.4 Å². The number of aromatic nitrogens is 2. The van der Waals surface area contributed by atoms with Crippen molar-refractivity contribution in [3.63, 3.8) is 0 Å². The molecule has 0 aliphatic heterocycles. The molecule has 5 rings (SSSR count). The molecule has 272 valence electrons. The van der Waals surface area contributed by atoms with E-state index in [-0.39, 0.29) is 29.2 Å². The standard InChI is InChI=1S/C24H26N4O4S.C13H15N3O2S/c1-3-19-15-33-24(26-19)22(14-18-9-11-20(12-10-18)28(31)32)27-23(30)21(25-16(2)29)13-17-7-5-4-6-8-17;1-2-10-8-19-13(15-10)12(14)7-9-3-5-11(6-4-9)16(17)18/h4-12,15,21-22H,3,13-14H2,1-2H3,(H,25,29)(H,27,30);3-6,8,12H,2,7,14H2,1H3/t21-,22-;12-/m00/s1. The van der Waals surface area contributed by atoms with E-state index < -0.39 is 21.9 Å². The Morgan fingerprint density at radius 2 is 1.19 bits per heavy atom. The van der Waals surface area contributed by atoms with Gasteiger partial charge in [-0.2, -0.15) is 0 Å². The highest BCUT2D eigenvalue weighted by molar-refractivity contribution is 7.10. The predicted octanol–water partition coefficient (Wildman–Crippen LogP) is 6.62. The molecule has 52 heavy (non-hydrogen) atoms. The minimum atomic E-state index is -0.741. The first-order valence-electron chi connectivity index (χ1n) is 16.7. The number of carbonyl (C=O) groups excluding carboxylic acids is 2. The van der Waals surface area contributed by atoms with Crippen LogP contribution in [0.3, 0.4) is 0 Å². The highest BCUT2D eigenvalue weighted by atomic mass is 32.1. The number of hydrogen-bond donors (Lipinski definition) is 3. The van der Waals surface area contributed by atoms with Crippen molar-refractivity contribution in [3.8, 4) is 0 Å². The first-order chi connectivity index (χ1) is 24.9. The van der Waals surface area contributed by atoms with Gasteiger partial charge < -0.3 is 16.4 Å². The number of nitro groups is 2. The molecule has 15 heteroatoms. The van der Waals surface area contributed by atoms with Gasteiger partial charge in [-0.1, -0.05) is 68.4 Å². The van der Waals surface area contributed by atoms with Gasteiger partial charge in [0.2, 0.25) is 11.8 Å². The SMILES string of the molecule is CCc1csc([C@@H](N)Cc2ccc([N+](=O)[O-])cc2)n1.CCc1csc([C@H](Cc2ccc([N+](=O)[O-])cc2)NC(=O)[C@H](Cc2ccccc2)NC(C)=O)n1. The molecule has 2 amide bonds. The summed E-state index contributed by atoms with van der Waals surface area (Å²) >= 11 is 3.02. The summed E-state index contributed by atoms with van der Waals surface area (Å²) < 4.78 is 0. The summed E-state index contributed by atoms with van der Waals surface area (Å²) in [5, 5.41) is 32.9. The molecule has 3 atom stereocenters. The van der Waals surface area contributed by atoms with Crippen LogP contribution < -0.4 is 16.4 Å². The summed E-state index contributed by atoms with van der Waals surface area (Å²) in [5.74, 6) is -0.602. The molecule has 13 nitrogen and oxygen atoms in total. The van der Waals surface area contributed by atoms with E-state index in [0.717, 1.165) is 50.9 Å². The number of amides is 2. The molecule has 0 bridgehead atoms. The Bertz CT molecular complexity index is 1930. The Labute approximate surface area is 309 Å². The van der Waals surface area contributed by atoms with Gasteiger partial charge in [0.15, 0.2) is 0 Å². The van der Waals surface area contributed by atoms with E-state index >= 15 is 0 Å². The van der Waals surface area contributed by atoms with Gasteiger partial charge in [0, 0.05) is 48.4 Å². The molecule has 5 aromatic rings. The van der Waals surface area contributed by atoms with Crippen molar-refractivity contribution in [2.45, 2.75) is 71.0 Å². The quantitative estimate of drug-likeness (QED) is 0.0780. The Balaban J connectivity index is 0.000000269. The Morgan fingerprint density at radius 3 is 1.67 bits per heavy atom. The number of aryl methyl sites for hydroxylation is 2. The fourth-order valence-electron chi connectivity index (χ4n) is 5.16. The zero-order valence-corrected chi connectivity index (χ0v) is 30.7. The molecule has 4 N–H and O–H groups in total. The monoisotopic (exact) mass is 743 g/mol. The average molecular weight is 744 g/mol. The van der Waals surface area contributed by atoms with Gasteiger partial charge in [0.25, 0.3) is 11.4 Å².